The predicted molar refractivity (Wildman–Crippen MR) is 111 cm³/mol. The monoisotopic (exact) mass is 387 g/mol. The Morgan fingerprint density at radius 1 is 1.22 bits per heavy atom. The number of aliphatic hydroxyl groups excluding tert-OH is 1. The van der Waals surface area contributed by atoms with E-state index in [1.54, 1.807) is 0 Å². The SMILES string of the molecule is CCC(CO)Oc1cc(NCc2ccc(Cl)cc2)c2ncn(C(C)C)c2c1. The van der Waals surface area contributed by atoms with Crippen molar-refractivity contribution in [2.45, 2.75) is 45.9 Å². The molecule has 0 aliphatic rings. The van der Waals surface area contributed by atoms with Crippen molar-refractivity contribution in [3.63, 3.8) is 0 Å². The fourth-order valence-electron chi connectivity index (χ4n) is 2.96. The lowest BCUT2D eigenvalue weighted by molar-refractivity contribution is 0.113. The molecule has 0 amide bonds. The predicted octanol–water partition coefficient (Wildman–Crippen LogP) is 5.03. The molecule has 0 spiro atoms. The molecule has 2 N–H and O–H groups in total. The topological polar surface area (TPSA) is 59.3 Å². The first-order valence-corrected chi connectivity index (χ1v) is 9.66. The molecule has 2 aromatic carbocycles. The number of nitrogens with one attached hydrogen (secondary N) is 1. The van der Waals surface area contributed by atoms with Gasteiger partial charge in [-0.15, -0.1) is 0 Å². The molecule has 27 heavy (non-hydrogen) atoms. The Kier molecular flexibility index (Phi) is 6.24. The van der Waals surface area contributed by atoms with Gasteiger partial charge in [0.2, 0.25) is 0 Å². The molecule has 1 unspecified atom stereocenters. The van der Waals surface area contributed by atoms with Gasteiger partial charge in [0, 0.05) is 29.7 Å². The van der Waals surface area contributed by atoms with Gasteiger partial charge in [-0.25, -0.2) is 4.98 Å². The van der Waals surface area contributed by atoms with Gasteiger partial charge >= 0.3 is 0 Å². The summed E-state index contributed by atoms with van der Waals surface area (Å²) < 4.78 is 8.11. The summed E-state index contributed by atoms with van der Waals surface area (Å²) in [6.45, 7) is 6.89. The standard InChI is InChI=1S/C21H26ClN3O2/c1-4-17(12-26)27-18-9-19(23-11-15-5-7-16(22)8-6-15)21-20(10-18)25(13-24-21)14(2)3/h5-10,13-14,17,23,26H,4,11-12H2,1-3H3. The number of imidazole rings is 1. The summed E-state index contributed by atoms with van der Waals surface area (Å²) in [5.74, 6) is 0.726. The number of rotatable bonds is 8. The quantitative estimate of drug-likeness (QED) is 0.569. The lowest BCUT2D eigenvalue weighted by Gasteiger charge is -2.17. The number of aliphatic hydroxyl groups is 1. The van der Waals surface area contributed by atoms with Gasteiger partial charge in [0.25, 0.3) is 0 Å². The van der Waals surface area contributed by atoms with Crippen LogP contribution >= 0.6 is 11.6 Å². The van der Waals surface area contributed by atoms with Crippen molar-refractivity contribution in [2.75, 3.05) is 11.9 Å². The normalized spacial score (nSPS) is 12.5. The molecule has 0 bridgehead atoms. The number of fused-ring (bicyclic) bond motifs is 1. The lowest BCUT2D eigenvalue weighted by atomic mass is 10.2. The highest BCUT2D eigenvalue weighted by Gasteiger charge is 2.14. The Labute approximate surface area is 164 Å². The van der Waals surface area contributed by atoms with Crippen LogP contribution in [0.15, 0.2) is 42.7 Å². The fraction of sp³-hybridized carbons (Fsp3) is 0.381. The van der Waals surface area contributed by atoms with E-state index in [2.05, 4.69) is 28.7 Å². The van der Waals surface area contributed by atoms with E-state index in [9.17, 15) is 5.11 Å². The van der Waals surface area contributed by atoms with Gasteiger partial charge in [0.1, 0.15) is 17.4 Å². The van der Waals surface area contributed by atoms with Crippen LogP contribution in [-0.4, -0.2) is 27.4 Å². The van der Waals surface area contributed by atoms with Crippen LogP contribution in [0.3, 0.4) is 0 Å². The number of hydrogen-bond donors (Lipinski definition) is 2. The number of nitrogens with zero attached hydrogens (tertiary/aromatic N) is 2. The Morgan fingerprint density at radius 2 is 1.96 bits per heavy atom. The minimum absolute atomic E-state index is 0.00842. The number of anilines is 1. The van der Waals surface area contributed by atoms with Crippen LogP contribution in [0.25, 0.3) is 11.0 Å². The summed E-state index contributed by atoms with van der Waals surface area (Å²) in [5.41, 5.74) is 3.95. The van der Waals surface area contributed by atoms with E-state index in [-0.39, 0.29) is 18.8 Å². The van der Waals surface area contributed by atoms with Gasteiger partial charge in [-0.2, -0.15) is 0 Å². The summed E-state index contributed by atoms with van der Waals surface area (Å²) in [5, 5.41) is 13.7. The molecule has 0 aliphatic heterocycles. The van der Waals surface area contributed by atoms with Crippen molar-refractivity contribution in [2.24, 2.45) is 0 Å². The van der Waals surface area contributed by atoms with E-state index >= 15 is 0 Å². The molecule has 6 heteroatoms. The number of ether oxygens (including phenoxy) is 1. The second-order valence-corrected chi connectivity index (χ2v) is 7.33. The maximum Gasteiger partial charge on any atom is 0.124 e. The average molecular weight is 388 g/mol. The maximum atomic E-state index is 9.48. The molecular formula is C21H26ClN3O2. The van der Waals surface area contributed by atoms with E-state index < -0.39 is 0 Å². The molecule has 144 valence electrons. The number of benzene rings is 2. The number of hydrogen-bond acceptors (Lipinski definition) is 4. The van der Waals surface area contributed by atoms with E-state index in [4.69, 9.17) is 16.3 Å². The van der Waals surface area contributed by atoms with Crippen LogP contribution in [0.5, 0.6) is 5.75 Å². The van der Waals surface area contributed by atoms with Gasteiger partial charge in [0.15, 0.2) is 0 Å². The van der Waals surface area contributed by atoms with Crippen molar-refractivity contribution in [1.29, 1.82) is 0 Å². The maximum absolute atomic E-state index is 9.48. The van der Waals surface area contributed by atoms with Crippen LogP contribution in [-0.2, 0) is 6.54 Å². The first-order valence-electron chi connectivity index (χ1n) is 9.28. The molecule has 3 rings (SSSR count). The van der Waals surface area contributed by atoms with Crippen LogP contribution in [0, 0.1) is 0 Å². The van der Waals surface area contributed by atoms with Crippen LogP contribution in [0.1, 0.15) is 38.8 Å². The molecule has 0 fully saturated rings. The number of halogens is 1. The van der Waals surface area contributed by atoms with Crippen molar-refractivity contribution < 1.29 is 9.84 Å². The molecule has 0 saturated carbocycles. The molecule has 1 aromatic heterocycles. The minimum atomic E-state index is -0.220. The molecule has 1 atom stereocenters. The Bertz CT molecular complexity index is 886. The van der Waals surface area contributed by atoms with Crippen LogP contribution in [0.4, 0.5) is 5.69 Å². The summed E-state index contributed by atoms with van der Waals surface area (Å²) in [4.78, 5) is 4.60. The Hall–Kier alpha value is -2.24. The van der Waals surface area contributed by atoms with Crippen molar-refractivity contribution in [3.8, 4) is 5.75 Å². The summed E-state index contributed by atoms with van der Waals surface area (Å²) in [6, 6.07) is 12.0. The molecule has 0 aliphatic carbocycles. The first kappa shape index (κ1) is 19.5. The fourth-order valence-corrected chi connectivity index (χ4v) is 3.09. The summed E-state index contributed by atoms with van der Waals surface area (Å²) in [7, 11) is 0. The average Bonchev–Trinajstić information content (AvgIpc) is 3.09. The highest BCUT2D eigenvalue weighted by molar-refractivity contribution is 6.30. The zero-order valence-electron chi connectivity index (χ0n) is 15.9. The lowest BCUT2D eigenvalue weighted by Crippen LogP contribution is -2.19. The first-order chi connectivity index (χ1) is 13.0. The zero-order chi connectivity index (χ0) is 19.4. The van der Waals surface area contributed by atoms with Gasteiger partial charge < -0.3 is 19.7 Å². The third-order valence-corrected chi connectivity index (χ3v) is 4.82. The highest BCUT2D eigenvalue weighted by atomic mass is 35.5. The van der Waals surface area contributed by atoms with Crippen LogP contribution < -0.4 is 10.1 Å². The summed E-state index contributed by atoms with van der Waals surface area (Å²) >= 11 is 5.97. The minimum Gasteiger partial charge on any atom is -0.488 e. The van der Waals surface area contributed by atoms with Crippen molar-refractivity contribution in [1.82, 2.24) is 9.55 Å². The molecule has 3 aromatic rings. The summed E-state index contributed by atoms with van der Waals surface area (Å²) in [6.07, 6.45) is 2.38. The second-order valence-electron chi connectivity index (χ2n) is 6.89. The smallest absolute Gasteiger partial charge is 0.124 e. The van der Waals surface area contributed by atoms with E-state index in [1.807, 2.05) is 49.6 Å². The molecule has 1 heterocycles. The third-order valence-electron chi connectivity index (χ3n) is 4.57. The number of aromatic nitrogens is 2. The molecule has 0 saturated heterocycles. The van der Waals surface area contributed by atoms with E-state index in [1.165, 1.54) is 0 Å². The molecule has 0 radical (unpaired) electrons. The zero-order valence-corrected chi connectivity index (χ0v) is 16.7. The Morgan fingerprint density at radius 3 is 2.59 bits per heavy atom. The molecule has 5 nitrogen and oxygen atoms in total. The van der Waals surface area contributed by atoms with Crippen LogP contribution in [0.2, 0.25) is 5.02 Å². The second kappa shape index (κ2) is 8.63. The highest BCUT2D eigenvalue weighted by Crippen LogP contribution is 2.31. The van der Waals surface area contributed by atoms with E-state index in [0.717, 1.165) is 39.5 Å². The third kappa shape index (κ3) is 4.54. The van der Waals surface area contributed by atoms with Gasteiger partial charge in [0.05, 0.1) is 24.1 Å². The van der Waals surface area contributed by atoms with Crippen molar-refractivity contribution >= 4 is 28.3 Å². The van der Waals surface area contributed by atoms with Gasteiger partial charge in [-0.3, -0.25) is 0 Å². The van der Waals surface area contributed by atoms with E-state index in [0.29, 0.717) is 6.54 Å². The van der Waals surface area contributed by atoms with Gasteiger partial charge in [-0.1, -0.05) is 30.7 Å². The largest absolute Gasteiger partial charge is 0.488 e. The van der Waals surface area contributed by atoms with Crippen molar-refractivity contribution in [3.05, 3.63) is 53.3 Å². The Balaban J connectivity index is 1.94. The van der Waals surface area contributed by atoms with Gasteiger partial charge in [-0.05, 0) is 38.0 Å². The molecular weight excluding hydrogens is 362 g/mol.